The molecule has 7 heteroatoms. The van der Waals surface area contributed by atoms with Crippen LogP contribution in [-0.2, 0) is 20.9 Å². The molecule has 2 aromatic carbocycles. The summed E-state index contributed by atoms with van der Waals surface area (Å²) < 4.78 is 12.8. The average Bonchev–Trinajstić information content (AvgIpc) is 2.69. The van der Waals surface area contributed by atoms with Gasteiger partial charge in [-0.15, -0.1) is 0 Å². The van der Waals surface area contributed by atoms with Gasteiger partial charge in [-0.3, -0.25) is 25.2 Å². The maximum absolute atomic E-state index is 12.8. The molecule has 27 heavy (non-hydrogen) atoms. The molecule has 0 aliphatic rings. The molecule has 0 atom stereocenters. The Labute approximate surface area is 156 Å². The van der Waals surface area contributed by atoms with Crippen molar-refractivity contribution in [1.29, 1.82) is 0 Å². The van der Waals surface area contributed by atoms with Gasteiger partial charge in [0.2, 0.25) is 11.8 Å². The van der Waals surface area contributed by atoms with Gasteiger partial charge in [0.15, 0.2) is 0 Å². The number of hydrogen-bond donors (Lipinski definition) is 3. The van der Waals surface area contributed by atoms with Crippen molar-refractivity contribution in [3.8, 4) is 0 Å². The Hall–Kier alpha value is -3.48. The molecule has 0 radical (unpaired) electrons. The minimum Gasteiger partial charge on any atom is -0.352 e. The van der Waals surface area contributed by atoms with E-state index in [0.717, 1.165) is 5.56 Å². The summed E-state index contributed by atoms with van der Waals surface area (Å²) >= 11 is 0. The highest BCUT2D eigenvalue weighted by Crippen LogP contribution is 2.04. The zero-order valence-corrected chi connectivity index (χ0v) is 14.6. The van der Waals surface area contributed by atoms with Crippen LogP contribution in [-0.4, -0.2) is 17.7 Å². The first-order valence-electron chi connectivity index (χ1n) is 8.36. The zero-order valence-electron chi connectivity index (χ0n) is 14.6. The normalized spacial score (nSPS) is 10.4. The first kappa shape index (κ1) is 19.8. The van der Waals surface area contributed by atoms with E-state index in [1.807, 2.05) is 30.3 Å². The van der Waals surface area contributed by atoms with Gasteiger partial charge in [-0.2, -0.15) is 0 Å². The topological polar surface area (TPSA) is 87.3 Å². The van der Waals surface area contributed by atoms with E-state index in [-0.39, 0.29) is 24.6 Å². The van der Waals surface area contributed by atoms with Crippen molar-refractivity contribution in [2.45, 2.75) is 19.4 Å². The molecule has 140 valence electrons. The van der Waals surface area contributed by atoms with Crippen LogP contribution < -0.4 is 16.2 Å². The molecule has 0 aliphatic carbocycles. The first-order chi connectivity index (χ1) is 13.0. The van der Waals surface area contributed by atoms with E-state index in [1.54, 1.807) is 0 Å². The molecule has 0 aliphatic heterocycles. The Morgan fingerprint density at radius 2 is 1.52 bits per heavy atom. The highest BCUT2D eigenvalue weighted by atomic mass is 19.1. The minimum absolute atomic E-state index is 0.0138. The van der Waals surface area contributed by atoms with Gasteiger partial charge in [0.05, 0.1) is 0 Å². The Bertz CT molecular complexity index is 805. The Balaban J connectivity index is 1.62. The zero-order chi connectivity index (χ0) is 19.5. The molecule has 0 saturated carbocycles. The number of halogens is 1. The molecular weight excluding hydrogens is 349 g/mol. The third kappa shape index (κ3) is 7.96. The van der Waals surface area contributed by atoms with Crippen LogP contribution in [0, 0.1) is 5.82 Å². The van der Waals surface area contributed by atoms with Crippen molar-refractivity contribution in [2.75, 3.05) is 0 Å². The van der Waals surface area contributed by atoms with Gasteiger partial charge in [0.25, 0.3) is 5.91 Å². The second-order valence-electron chi connectivity index (χ2n) is 5.68. The number of nitrogens with one attached hydrogen (secondary N) is 3. The minimum atomic E-state index is -0.541. The number of amides is 3. The van der Waals surface area contributed by atoms with Gasteiger partial charge in [0, 0.05) is 25.5 Å². The van der Waals surface area contributed by atoms with Crippen molar-refractivity contribution in [1.82, 2.24) is 16.2 Å². The largest absolute Gasteiger partial charge is 0.352 e. The molecule has 0 saturated heterocycles. The molecule has 0 fully saturated rings. The molecule has 2 aromatic rings. The van der Waals surface area contributed by atoms with Crippen LogP contribution in [0.4, 0.5) is 4.39 Å². The molecule has 0 spiro atoms. The van der Waals surface area contributed by atoms with Crippen LogP contribution in [0.15, 0.2) is 60.7 Å². The Morgan fingerprint density at radius 3 is 2.22 bits per heavy atom. The van der Waals surface area contributed by atoms with Gasteiger partial charge in [-0.05, 0) is 29.3 Å². The highest BCUT2D eigenvalue weighted by molar-refractivity contribution is 5.93. The summed E-state index contributed by atoms with van der Waals surface area (Å²) in [4.78, 5) is 35.0. The van der Waals surface area contributed by atoms with E-state index in [4.69, 9.17) is 0 Å². The van der Waals surface area contributed by atoms with Crippen LogP contribution in [0.5, 0.6) is 0 Å². The lowest BCUT2D eigenvalue weighted by Crippen LogP contribution is -2.41. The van der Waals surface area contributed by atoms with Crippen molar-refractivity contribution in [3.05, 3.63) is 77.6 Å². The van der Waals surface area contributed by atoms with Crippen molar-refractivity contribution >= 4 is 23.8 Å². The summed E-state index contributed by atoms with van der Waals surface area (Å²) in [6.45, 7) is 0.395. The predicted molar refractivity (Wildman–Crippen MR) is 99.2 cm³/mol. The summed E-state index contributed by atoms with van der Waals surface area (Å²) in [5.74, 6) is -1.64. The fourth-order valence-corrected chi connectivity index (χ4v) is 2.09. The van der Waals surface area contributed by atoms with Crippen molar-refractivity contribution in [2.24, 2.45) is 0 Å². The maximum Gasteiger partial charge on any atom is 0.262 e. The van der Waals surface area contributed by atoms with Gasteiger partial charge in [-0.25, -0.2) is 4.39 Å². The summed E-state index contributed by atoms with van der Waals surface area (Å²) in [5.41, 5.74) is 6.06. The monoisotopic (exact) mass is 369 g/mol. The van der Waals surface area contributed by atoms with E-state index >= 15 is 0 Å². The average molecular weight is 369 g/mol. The van der Waals surface area contributed by atoms with E-state index in [9.17, 15) is 18.8 Å². The number of carbonyl (C=O) groups excluding carboxylic acids is 3. The summed E-state index contributed by atoms with van der Waals surface area (Å²) in [7, 11) is 0. The number of rotatable bonds is 7. The number of hydrazine groups is 1. The quantitative estimate of drug-likeness (QED) is 0.516. The fraction of sp³-hybridized carbons (Fsp3) is 0.150. The third-order valence-electron chi connectivity index (χ3n) is 3.53. The second-order valence-corrected chi connectivity index (χ2v) is 5.68. The van der Waals surface area contributed by atoms with Gasteiger partial charge in [0.1, 0.15) is 5.82 Å². The molecule has 2 rings (SSSR count). The van der Waals surface area contributed by atoms with Crippen molar-refractivity contribution < 1.29 is 18.8 Å². The summed E-state index contributed by atoms with van der Waals surface area (Å²) in [5, 5.41) is 2.72. The van der Waals surface area contributed by atoms with Crippen LogP contribution in [0.1, 0.15) is 24.0 Å². The number of carbonyl (C=O) groups is 3. The predicted octanol–water partition coefficient (Wildman–Crippen LogP) is 2.08. The molecule has 0 heterocycles. The fourth-order valence-electron chi connectivity index (χ4n) is 2.09. The molecule has 0 unspecified atom stereocenters. The Kier molecular flexibility index (Phi) is 7.71. The molecule has 3 N–H and O–H groups in total. The van der Waals surface area contributed by atoms with E-state index in [0.29, 0.717) is 12.1 Å². The van der Waals surface area contributed by atoms with Crippen molar-refractivity contribution in [3.63, 3.8) is 0 Å². The lowest BCUT2D eigenvalue weighted by Gasteiger charge is -2.06. The van der Waals surface area contributed by atoms with Crippen LogP contribution >= 0.6 is 0 Å². The number of hydrogen-bond acceptors (Lipinski definition) is 3. The van der Waals surface area contributed by atoms with Crippen LogP contribution in [0.25, 0.3) is 6.08 Å². The van der Waals surface area contributed by atoms with E-state index < -0.39 is 11.8 Å². The molecule has 0 aromatic heterocycles. The third-order valence-corrected chi connectivity index (χ3v) is 3.53. The molecular formula is C20H20FN3O3. The van der Waals surface area contributed by atoms with Crippen LogP contribution in [0.2, 0.25) is 0 Å². The maximum atomic E-state index is 12.8. The van der Waals surface area contributed by atoms with Gasteiger partial charge in [-0.1, -0.05) is 42.5 Å². The smallest absolute Gasteiger partial charge is 0.262 e. The van der Waals surface area contributed by atoms with E-state index in [2.05, 4.69) is 16.2 Å². The summed E-state index contributed by atoms with van der Waals surface area (Å²) in [6.07, 6.45) is 2.65. The second kappa shape index (κ2) is 10.5. The highest BCUT2D eigenvalue weighted by Gasteiger charge is 2.07. The standard InChI is InChI=1S/C20H20FN3O3/c21-17-9-6-15(7-10-17)8-11-19(26)23-24-20(27)13-12-18(25)22-14-16-4-2-1-3-5-16/h1-11H,12-14H2,(H,22,25)(H,23,26)(H,24,27). The summed E-state index contributed by atoms with van der Waals surface area (Å²) in [6, 6.07) is 15.0. The lowest BCUT2D eigenvalue weighted by atomic mass is 10.2. The number of benzene rings is 2. The van der Waals surface area contributed by atoms with Gasteiger partial charge >= 0.3 is 0 Å². The molecule has 6 nitrogen and oxygen atoms in total. The van der Waals surface area contributed by atoms with E-state index in [1.165, 1.54) is 36.4 Å². The Morgan fingerprint density at radius 1 is 0.852 bits per heavy atom. The van der Waals surface area contributed by atoms with Gasteiger partial charge < -0.3 is 5.32 Å². The molecule has 3 amide bonds. The van der Waals surface area contributed by atoms with Crippen LogP contribution in [0.3, 0.4) is 0 Å². The molecule has 0 bridgehead atoms. The first-order valence-corrected chi connectivity index (χ1v) is 8.36. The SMILES string of the molecule is O=C(C=Cc1ccc(F)cc1)NNC(=O)CCC(=O)NCc1ccccc1. The lowest BCUT2D eigenvalue weighted by molar-refractivity contribution is -0.129.